The predicted octanol–water partition coefficient (Wildman–Crippen LogP) is 0.921. The standard InChI is InChI=1S/C14H22N2O4/c1-3-8-16(10-11-6-7-11)14(19)15-12(13(17)18)5-4-9-20-2/h1,11-12H,4-10H2,2H3,(H,15,19)(H,17,18). The highest BCUT2D eigenvalue weighted by atomic mass is 16.5. The van der Waals surface area contributed by atoms with Crippen molar-refractivity contribution >= 4 is 12.0 Å². The van der Waals surface area contributed by atoms with Crippen LogP contribution in [0.3, 0.4) is 0 Å². The largest absolute Gasteiger partial charge is 0.480 e. The maximum absolute atomic E-state index is 12.1. The number of carboxylic acids is 1. The van der Waals surface area contributed by atoms with Crippen molar-refractivity contribution in [3.8, 4) is 12.3 Å². The van der Waals surface area contributed by atoms with Crippen molar-refractivity contribution in [3.05, 3.63) is 0 Å². The molecule has 0 spiro atoms. The number of hydrogen-bond donors (Lipinski definition) is 2. The molecule has 1 rings (SSSR count). The lowest BCUT2D eigenvalue weighted by Gasteiger charge is -2.23. The summed E-state index contributed by atoms with van der Waals surface area (Å²) in [5, 5.41) is 11.6. The summed E-state index contributed by atoms with van der Waals surface area (Å²) in [7, 11) is 1.55. The number of carbonyl (C=O) groups excluding carboxylic acids is 1. The summed E-state index contributed by atoms with van der Waals surface area (Å²) >= 11 is 0. The van der Waals surface area contributed by atoms with Crippen molar-refractivity contribution in [2.75, 3.05) is 26.8 Å². The minimum absolute atomic E-state index is 0.201. The van der Waals surface area contributed by atoms with Gasteiger partial charge in [-0.1, -0.05) is 5.92 Å². The van der Waals surface area contributed by atoms with E-state index in [2.05, 4.69) is 11.2 Å². The van der Waals surface area contributed by atoms with Gasteiger partial charge in [-0.15, -0.1) is 6.42 Å². The molecule has 2 amide bonds. The molecule has 0 heterocycles. The fourth-order valence-electron chi connectivity index (χ4n) is 1.87. The van der Waals surface area contributed by atoms with E-state index >= 15 is 0 Å². The third-order valence-electron chi connectivity index (χ3n) is 3.18. The number of aliphatic carboxylic acids is 1. The van der Waals surface area contributed by atoms with Gasteiger partial charge in [-0.25, -0.2) is 9.59 Å². The molecule has 1 aliphatic carbocycles. The normalized spacial score (nSPS) is 15.2. The van der Waals surface area contributed by atoms with Crippen LogP contribution in [0.1, 0.15) is 25.7 Å². The smallest absolute Gasteiger partial charge is 0.326 e. The zero-order chi connectivity index (χ0) is 15.0. The van der Waals surface area contributed by atoms with Gasteiger partial charge < -0.3 is 20.1 Å². The molecular weight excluding hydrogens is 260 g/mol. The molecule has 1 unspecified atom stereocenters. The van der Waals surface area contributed by atoms with Crippen LogP contribution in [-0.2, 0) is 9.53 Å². The number of amides is 2. The Morgan fingerprint density at radius 1 is 1.55 bits per heavy atom. The average molecular weight is 282 g/mol. The Morgan fingerprint density at radius 3 is 2.75 bits per heavy atom. The highest BCUT2D eigenvalue weighted by Crippen LogP contribution is 2.29. The summed E-state index contributed by atoms with van der Waals surface area (Å²) < 4.78 is 4.88. The lowest BCUT2D eigenvalue weighted by Crippen LogP contribution is -2.48. The lowest BCUT2D eigenvalue weighted by molar-refractivity contribution is -0.139. The van der Waals surface area contributed by atoms with E-state index in [1.54, 1.807) is 7.11 Å². The lowest BCUT2D eigenvalue weighted by atomic mass is 10.1. The summed E-state index contributed by atoms with van der Waals surface area (Å²) in [5.74, 6) is 1.90. The van der Waals surface area contributed by atoms with E-state index in [0.717, 1.165) is 12.8 Å². The van der Waals surface area contributed by atoms with Gasteiger partial charge in [0.1, 0.15) is 6.04 Å². The van der Waals surface area contributed by atoms with Gasteiger partial charge in [0.2, 0.25) is 0 Å². The second kappa shape index (κ2) is 8.43. The zero-order valence-corrected chi connectivity index (χ0v) is 11.8. The first kappa shape index (κ1) is 16.3. The van der Waals surface area contributed by atoms with E-state index < -0.39 is 18.0 Å². The molecule has 20 heavy (non-hydrogen) atoms. The molecule has 1 atom stereocenters. The van der Waals surface area contributed by atoms with E-state index in [4.69, 9.17) is 16.3 Å². The van der Waals surface area contributed by atoms with Crippen LogP contribution in [0, 0.1) is 18.3 Å². The van der Waals surface area contributed by atoms with Crippen LogP contribution >= 0.6 is 0 Å². The molecule has 0 aromatic carbocycles. The monoisotopic (exact) mass is 282 g/mol. The molecular formula is C14H22N2O4. The summed E-state index contributed by atoms with van der Waals surface area (Å²) in [5.41, 5.74) is 0. The van der Waals surface area contributed by atoms with E-state index in [-0.39, 0.29) is 6.54 Å². The molecule has 1 aliphatic rings. The molecule has 0 saturated heterocycles. The first-order valence-electron chi connectivity index (χ1n) is 6.79. The minimum Gasteiger partial charge on any atom is -0.480 e. The SMILES string of the molecule is C#CCN(CC1CC1)C(=O)NC(CCCOC)C(=O)O. The molecule has 0 aromatic rings. The maximum atomic E-state index is 12.1. The van der Waals surface area contributed by atoms with Gasteiger partial charge in [0.25, 0.3) is 0 Å². The Hall–Kier alpha value is -1.74. The summed E-state index contributed by atoms with van der Waals surface area (Å²) in [6, 6.07) is -1.31. The molecule has 1 saturated carbocycles. The van der Waals surface area contributed by atoms with E-state index in [9.17, 15) is 9.59 Å². The molecule has 2 N–H and O–H groups in total. The van der Waals surface area contributed by atoms with Gasteiger partial charge in [-0.3, -0.25) is 0 Å². The summed E-state index contributed by atoms with van der Waals surface area (Å²) in [6.07, 6.45) is 8.36. The van der Waals surface area contributed by atoms with E-state index in [1.165, 1.54) is 4.90 Å². The first-order valence-corrected chi connectivity index (χ1v) is 6.79. The minimum atomic E-state index is -1.04. The van der Waals surface area contributed by atoms with Crippen molar-refractivity contribution in [2.24, 2.45) is 5.92 Å². The number of carboxylic acid groups (broad SMARTS) is 1. The van der Waals surface area contributed by atoms with Crippen molar-refractivity contribution in [1.82, 2.24) is 10.2 Å². The third kappa shape index (κ3) is 5.93. The van der Waals surface area contributed by atoms with E-state index in [1.807, 2.05) is 0 Å². The van der Waals surface area contributed by atoms with Crippen LogP contribution in [0.15, 0.2) is 0 Å². The molecule has 0 radical (unpaired) electrons. The summed E-state index contributed by atoms with van der Waals surface area (Å²) in [6.45, 7) is 1.27. The van der Waals surface area contributed by atoms with Crippen LogP contribution in [-0.4, -0.2) is 54.9 Å². The number of hydrogen-bond acceptors (Lipinski definition) is 3. The first-order chi connectivity index (χ1) is 9.58. The van der Waals surface area contributed by atoms with Crippen LogP contribution in [0.4, 0.5) is 4.79 Å². The molecule has 6 heteroatoms. The number of nitrogens with one attached hydrogen (secondary N) is 1. The Labute approximate surface area is 119 Å². The van der Waals surface area contributed by atoms with Crippen LogP contribution in [0.2, 0.25) is 0 Å². The van der Waals surface area contributed by atoms with Crippen molar-refractivity contribution in [3.63, 3.8) is 0 Å². The second-order valence-corrected chi connectivity index (χ2v) is 5.00. The van der Waals surface area contributed by atoms with Crippen LogP contribution < -0.4 is 5.32 Å². The molecule has 0 aliphatic heterocycles. The molecule has 112 valence electrons. The second-order valence-electron chi connectivity index (χ2n) is 5.00. The average Bonchev–Trinajstić information content (AvgIpc) is 3.21. The van der Waals surface area contributed by atoms with Gasteiger partial charge in [0.15, 0.2) is 0 Å². The molecule has 6 nitrogen and oxygen atoms in total. The van der Waals surface area contributed by atoms with Crippen molar-refractivity contribution in [1.29, 1.82) is 0 Å². The Morgan fingerprint density at radius 2 is 2.25 bits per heavy atom. The quantitative estimate of drug-likeness (QED) is 0.487. The number of carbonyl (C=O) groups is 2. The number of nitrogens with zero attached hydrogens (tertiary/aromatic N) is 1. The molecule has 0 aromatic heterocycles. The van der Waals surface area contributed by atoms with Crippen molar-refractivity contribution in [2.45, 2.75) is 31.7 Å². The highest BCUT2D eigenvalue weighted by molar-refractivity contribution is 5.82. The number of terminal acetylenes is 1. The predicted molar refractivity (Wildman–Crippen MR) is 74.2 cm³/mol. The maximum Gasteiger partial charge on any atom is 0.326 e. The van der Waals surface area contributed by atoms with Gasteiger partial charge in [0, 0.05) is 20.3 Å². The number of ether oxygens (including phenoxy) is 1. The topological polar surface area (TPSA) is 78.9 Å². The van der Waals surface area contributed by atoms with Gasteiger partial charge >= 0.3 is 12.0 Å². The third-order valence-corrected chi connectivity index (χ3v) is 3.18. The Kier molecular flexibility index (Phi) is 6.88. The molecule has 0 bridgehead atoms. The molecule has 1 fully saturated rings. The number of methoxy groups -OCH3 is 1. The fourth-order valence-corrected chi connectivity index (χ4v) is 1.87. The van der Waals surface area contributed by atoms with Crippen LogP contribution in [0.5, 0.6) is 0 Å². The van der Waals surface area contributed by atoms with Crippen LogP contribution in [0.25, 0.3) is 0 Å². The van der Waals surface area contributed by atoms with Gasteiger partial charge in [0.05, 0.1) is 6.54 Å². The number of urea groups is 1. The Balaban J connectivity index is 2.48. The summed E-state index contributed by atoms with van der Waals surface area (Å²) in [4.78, 5) is 24.7. The zero-order valence-electron chi connectivity index (χ0n) is 11.8. The van der Waals surface area contributed by atoms with Gasteiger partial charge in [-0.2, -0.15) is 0 Å². The van der Waals surface area contributed by atoms with Gasteiger partial charge in [-0.05, 0) is 31.6 Å². The Bertz CT molecular complexity index is 374. The van der Waals surface area contributed by atoms with Crippen molar-refractivity contribution < 1.29 is 19.4 Å². The fraction of sp³-hybridized carbons (Fsp3) is 0.714. The van der Waals surface area contributed by atoms with E-state index in [0.29, 0.717) is 31.9 Å². The number of rotatable bonds is 9. The highest BCUT2D eigenvalue weighted by Gasteiger charge is 2.28.